The molecule has 0 aliphatic carbocycles. The number of hydrogen-bond acceptors (Lipinski definition) is 5. The van der Waals surface area contributed by atoms with Crippen LogP contribution in [0.3, 0.4) is 0 Å². The van der Waals surface area contributed by atoms with Crippen molar-refractivity contribution in [3.63, 3.8) is 0 Å². The smallest absolute Gasteiger partial charge is 0.226 e. The molecule has 0 aliphatic heterocycles. The first kappa shape index (κ1) is 18.4. The molecule has 1 aromatic heterocycles. The Kier molecular flexibility index (Phi) is 5.29. The van der Waals surface area contributed by atoms with Crippen molar-refractivity contribution in [2.75, 3.05) is 7.11 Å². The van der Waals surface area contributed by atoms with Crippen LogP contribution < -0.4 is 4.74 Å². The molecule has 5 nitrogen and oxygen atoms in total. The van der Waals surface area contributed by atoms with Crippen molar-refractivity contribution in [1.82, 2.24) is 4.98 Å². The molecule has 0 bridgehead atoms. The molecule has 8 heteroatoms. The predicted octanol–water partition coefficient (Wildman–Crippen LogP) is 4.26. The maximum Gasteiger partial charge on any atom is 0.226 e. The number of benzene rings is 2. The molecule has 3 aromatic rings. The van der Waals surface area contributed by atoms with Gasteiger partial charge in [-0.1, -0.05) is 11.6 Å². The Labute approximate surface area is 155 Å². The predicted molar refractivity (Wildman–Crippen MR) is 96.2 cm³/mol. The van der Waals surface area contributed by atoms with Gasteiger partial charge in [-0.25, -0.2) is 17.8 Å². The van der Waals surface area contributed by atoms with Gasteiger partial charge in [0.15, 0.2) is 9.84 Å². The third-order valence-corrected chi connectivity index (χ3v) is 5.35. The molecule has 1 heterocycles. The minimum Gasteiger partial charge on any atom is -0.496 e. The molecule has 0 amide bonds. The monoisotopic (exact) mass is 395 g/mol. The van der Waals surface area contributed by atoms with E-state index in [0.29, 0.717) is 21.9 Å². The number of sulfone groups is 1. The van der Waals surface area contributed by atoms with E-state index in [1.165, 1.54) is 37.6 Å². The van der Waals surface area contributed by atoms with Crippen molar-refractivity contribution in [2.24, 2.45) is 0 Å². The van der Waals surface area contributed by atoms with Gasteiger partial charge in [-0.3, -0.25) is 0 Å². The highest BCUT2D eigenvalue weighted by Gasteiger charge is 2.19. The van der Waals surface area contributed by atoms with Crippen molar-refractivity contribution < 1.29 is 22.0 Å². The van der Waals surface area contributed by atoms with E-state index in [9.17, 15) is 12.8 Å². The van der Waals surface area contributed by atoms with Crippen molar-refractivity contribution in [1.29, 1.82) is 0 Å². The molecule has 0 unspecified atom stereocenters. The van der Waals surface area contributed by atoms with E-state index in [1.54, 1.807) is 18.2 Å². The fourth-order valence-corrected chi connectivity index (χ4v) is 4.05. The van der Waals surface area contributed by atoms with Crippen LogP contribution in [0.4, 0.5) is 4.39 Å². The molecule has 0 fully saturated rings. The number of aromatic nitrogens is 1. The highest BCUT2D eigenvalue weighted by molar-refractivity contribution is 7.89. The number of halogens is 2. The van der Waals surface area contributed by atoms with Gasteiger partial charge in [-0.2, -0.15) is 0 Å². The number of hydrogen-bond donors (Lipinski definition) is 0. The second-order valence-electron chi connectivity index (χ2n) is 5.64. The maximum absolute atomic E-state index is 13.0. The fourth-order valence-electron chi connectivity index (χ4n) is 2.47. The van der Waals surface area contributed by atoms with Crippen LogP contribution in [0.15, 0.2) is 53.1 Å². The van der Waals surface area contributed by atoms with E-state index in [1.807, 2.05) is 0 Å². The van der Waals surface area contributed by atoms with Gasteiger partial charge in [-0.05, 0) is 42.5 Å². The Bertz CT molecular complexity index is 1020. The van der Waals surface area contributed by atoms with Gasteiger partial charge in [-0.15, -0.1) is 0 Å². The lowest BCUT2D eigenvalue weighted by Crippen LogP contribution is -2.09. The topological polar surface area (TPSA) is 69.4 Å². The summed E-state index contributed by atoms with van der Waals surface area (Å²) in [5.41, 5.74) is 1.30. The molecule has 0 aliphatic rings. The number of nitrogens with zero attached hydrogens (tertiary/aromatic N) is 1. The van der Waals surface area contributed by atoms with Crippen molar-refractivity contribution in [3.8, 4) is 17.2 Å². The third kappa shape index (κ3) is 4.42. The van der Waals surface area contributed by atoms with E-state index in [-0.39, 0.29) is 28.9 Å². The zero-order chi connectivity index (χ0) is 18.7. The standard InChI is InChI=1S/C18H15ClFNO4S/c1-24-17-7-4-14(19)8-13(17)10-26(22,23)11-16-9-25-18(21-16)12-2-5-15(20)6-3-12/h2-9H,10-11H2,1H3. The van der Waals surface area contributed by atoms with Gasteiger partial charge in [0.2, 0.25) is 5.89 Å². The summed E-state index contributed by atoms with van der Waals surface area (Å²) >= 11 is 5.94. The zero-order valence-corrected chi connectivity index (χ0v) is 15.3. The average Bonchev–Trinajstić information content (AvgIpc) is 3.03. The molecular formula is C18H15ClFNO4S. The highest BCUT2D eigenvalue weighted by atomic mass is 35.5. The molecule has 0 spiro atoms. The number of ether oxygens (including phenoxy) is 1. The summed E-state index contributed by atoms with van der Waals surface area (Å²) in [6.45, 7) is 0. The molecule has 2 aromatic carbocycles. The summed E-state index contributed by atoms with van der Waals surface area (Å²) in [6.07, 6.45) is 1.28. The summed E-state index contributed by atoms with van der Waals surface area (Å²) in [6, 6.07) is 10.4. The highest BCUT2D eigenvalue weighted by Crippen LogP contribution is 2.26. The molecule has 26 heavy (non-hydrogen) atoms. The van der Waals surface area contributed by atoms with Crippen LogP contribution in [0.2, 0.25) is 5.02 Å². The van der Waals surface area contributed by atoms with Crippen LogP contribution in [0.25, 0.3) is 11.5 Å². The molecule has 0 N–H and O–H groups in total. The Hall–Kier alpha value is -2.38. The van der Waals surface area contributed by atoms with Crippen LogP contribution in [0.1, 0.15) is 11.3 Å². The van der Waals surface area contributed by atoms with Gasteiger partial charge in [0.1, 0.15) is 17.8 Å². The summed E-state index contributed by atoms with van der Waals surface area (Å²) in [5, 5.41) is 0.427. The van der Waals surface area contributed by atoms with E-state index >= 15 is 0 Å². The van der Waals surface area contributed by atoms with Crippen LogP contribution in [-0.4, -0.2) is 20.5 Å². The quantitative estimate of drug-likeness (QED) is 0.623. The molecule has 136 valence electrons. The Morgan fingerprint density at radius 2 is 1.88 bits per heavy atom. The summed E-state index contributed by atoms with van der Waals surface area (Å²) in [4.78, 5) is 4.17. The van der Waals surface area contributed by atoms with Crippen LogP contribution in [0.5, 0.6) is 5.75 Å². The first-order valence-corrected chi connectivity index (χ1v) is 9.79. The third-order valence-electron chi connectivity index (χ3n) is 3.63. The normalized spacial score (nSPS) is 11.5. The van der Waals surface area contributed by atoms with Gasteiger partial charge < -0.3 is 9.15 Å². The number of oxazole rings is 1. The molecule has 3 rings (SSSR count). The molecule has 0 atom stereocenters. The van der Waals surface area contributed by atoms with Crippen molar-refractivity contribution >= 4 is 21.4 Å². The summed E-state index contributed by atoms with van der Waals surface area (Å²) < 4.78 is 48.5. The summed E-state index contributed by atoms with van der Waals surface area (Å²) in [7, 11) is -2.07. The first-order chi connectivity index (χ1) is 12.4. The second kappa shape index (κ2) is 7.47. The molecule has 0 saturated carbocycles. The molecule has 0 radical (unpaired) electrons. The van der Waals surface area contributed by atoms with E-state index in [4.69, 9.17) is 20.8 Å². The Balaban J connectivity index is 1.78. The average molecular weight is 396 g/mol. The lowest BCUT2D eigenvalue weighted by Gasteiger charge is -2.09. The lowest BCUT2D eigenvalue weighted by atomic mass is 10.2. The van der Waals surface area contributed by atoms with Crippen molar-refractivity contribution in [3.05, 3.63) is 70.8 Å². The van der Waals surface area contributed by atoms with Crippen molar-refractivity contribution in [2.45, 2.75) is 11.5 Å². The van der Waals surface area contributed by atoms with Crippen LogP contribution >= 0.6 is 11.6 Å². The first-order valence-electron chi connectivity index (χ1n) is 7.59. The van der Waals surface area contributed by atoms with Crippen LogP contribution in [0, 0.1) is 5.82 Å². The zero-order valence-electron chi connectivity index (χ0n) is 13.8. The van der Waals surface area contributed by atoms with Gasteiger partial charge in [0.25, 0.3) is 0 Å². The van der Waals surface area contributed by atoms with E-state index in [0.717, 1.165) is 0 Å². The fraction of sp³-hybridized carbons (Fsp3) is 0.167. The van der Waals surface area contributed by atoms with Gasteiger partial charge >= 0.3 is 0 Å². The number of rotatable bonds is 6. The second-order valence-corrected chi connectivity index (χ2v) is 8.14. The lowest BCUT2D eigenvalue weighted by molar-refractivity contribution is 0.411. The molecule has 0 saturated heterocycles. The van der Waals surface area contributed by atoms with E-state index < -0.39 is 9.84 Å². The number of methoxy groups -OCH3 is 1. The molecular weight excluding hydrogens is 381 g/mol. The van der Waals surface area contributed by atoms with E-state index in [2.05, 4.69) is 4.98 Å². The minimum atomic E-state index is -3.53. The minimum absolute atomic E-state index is 0.232. The Morgan fingerprint density at radius 1 is 1.15 bits per heavy atom. The SMILES string of the molecule is COc1ccc(Cl)cc1CS(=O)(=O)Cc1coc(-c2ccc(F)cc2)n1. The largest absolute Gasteiger partial charge is 0.496 e. The van der Waals surface area contributed by atoms with Crippen LogP contribution in [-0.2, 0) is 21.3 Å². The summed E-state index contributed by atoms with van der Waals surface area (Å²) in [5.74, 6) is -0.234. The maximum atomic E-state index is 13.0. The Morgan fingerprint density at radius 3 is 2.58 bits per heavy atom. The van der Waals surface area contributed by atoms with Gasteiger partial charge in [0.05, 0.1) is 24.3 Å². The van der Waals surface area contributed by atoms with Gasteiger partial charge in [0, 0.05) is 16.1 Å².